The third kappa shape index (κ3) is 1.90. The maximum atomic E-state index is 12.5. The Hall–Kier alpha value is -0.550. The van der Waals surface area contributed by atoms with Crippen LogP contribution in [0.3, 0.4) is 0 Å². The fourth-order valence-corrected chi connectivity index (χ4v) is 2.63. The number of alkyl halides is 3. The van der Waals surface area contributed by atoms with Gasteiger partial charge in [-0.1, -0.05) is 6.58 Å². The van der Waals surface area contributed by atoms with E-state index in [0.717, 1.165) is 12.8 Å². The van der Waals surface area contributed by atoms with E-state index in [-0.39, 0.29) is 24.9 Å². The SMILES string of the molecule is C=C(C(F)(F)F)C1(O)CC2CCC(C1)N2. The topological polar surface area (TPSA) is 32.3 Å². The van der Waals surface area contributed by atoms with Crippen molar-refractivity contribution in [3.8, 4) is 0 Å². The molecular weight excluding hydrogens is 207 g/mol. The number of fused-ring (bicyclic) bond motifs is 2. The molecule has 0 radical (unpaired) electrons. The van der Waals surface area contributed by atoms with Gasteiger partial charge in [-0.3, -0.25) is 0 Å². The van der Waals surface area contributed by atoms with Crippen LogP contribution in [0.25, 0.3) is 0 Å². The number of rotatable bonds is 1. The summed E-state index contributed by atoms with van der Waals surface area (Å²) in [6.45, 7) is 3.02. The first kappa shape index (κ1) is 11.0. The highest BCUT2D eigenvalue weighted by atomic mass is 19.4. The quantitative estimate of drug-likeness (QED) is 0.661. The highest BCUT2D eigenvalue weighted by Crippen LogP contribution is 2.43. The van der Waals surface area contributed by atoms with E-state index in [0.29, 0.717) is 0 Å². The zero-order valence-corrected chi connectivity index (χ0v) is 8.27. The van der Waals surface area contributed by atoms with Crippen molar-refractivity contribution in [3.05, 3.63) is 12.2 Å². The average Bonchev–Trinajstić information content (AvgIpc) is 2.43. The number of aliphatic hydroxyl groups is 1. The van der Waals surface area contributed by atoms with Crippen LogP contribution in [-0.2, 0) is 0 Å². The Labute approximate surface area is 86.2 Å². The van der Waals surface area contributed by atoms with Crippen molar-refractivity contribution in [1.29, 1.82) is 0 Å². The molecule has 2 unspecified atom stereocenters. The van der Waals surface area contributed by atoms with Gasteiger partial charge in [-0.05, 0) is 25.7 Å². The summed E-state index contributed by atoms with van der Waals surface area (Å²) in [7, 11) is 0. The van der Waals surface area contributed by atoms with Gasteiger partial charge in [0.05, 0.1) is 11.2 Å². The minimum Gasteiger partial charge on any atom is -0.385 e. The van der Waals surface area contributed by atoms with E-state index in [2.05, 4.69) is 11.9 Å². The van der Waals surface area contributed by atoms with Crippen molar-refractivity contribution in [2.24, 2.45) is 0 Å². The Morgan fingerprint density at radius 2 is 1.73 bits per heavy atom. The molecule has 2 atom stereocenters. The van der Waals surface area contributed by atoms with Gasteiger partial charge in [-0.25, -0.2) is 0 Å². The van der Waals surface area contributed by atoms with Crippen LogP contribution in [0.5, 0.6) is 0 Å². The third-order valence-electron chi connectivity index (χ3n) is 3.41. The number of piperidine rings is 1. The number of halogens is 3. The summed E-state index contributed by atoms with van der Waals surface area (Å²) in [5.74, 6) is 0. The van der Waals surface area contributed by atoms with Gasteiger partial charge in [0.1, 0.15) is 0 Å². The number of nitrogens with one attached hydrogen (secondary N) is 1. The highest BCUT2D eigenvalue weighted by Gasteiger charge is 2.51. The molecule has 0 aliphatic carbocycles. The molecule has 2 fully saturated rings. The molecule has 15 heavy (non-hydrogen) atoms. The Balaban J connectivity index is 2.17. The first-order chi connectivity index (χ1) is 6.81. The number of hydrogen-bond acceptors (Lipinski definition) is 2. The Bertz CT molecular complexity index is 275. The lowest BCUT2D eigenvalue weighted by molar-refractivity contribution is -0.127. The molecule has 0 aromatic carbocycles. The summed E-state index contributed by atoms with van der Waals surface area (Å²) < 4.78 is 37.4. The van der Waals surface area contributed by atoms with Gasteiger partial charge >= 0.3 is 6.18 Å². The first-order valence-electron chi connectivity index (χ1n) is 5.06. The maximum absolute atomic E-state index is 12.5. The summed E-state index contributed by atoms with van der Waals surface area (Å²) >= 11 is 0. The van der Waals surface area contributed by atoms with Crippen LogP contribution in [0.2, 0.25) is 0 Å². The van der Waals surface area contributed by atoms with E-state index >= 15 is 0 Å². The van der Waals surface area contributed by atoms with Crippen LogP contribution in [-0.4, -0.2) is 29.0 Å². The molecule has 2 aliphatic rings. The monoisotopic (exact) mass is 221 g/mol. The molecule has 0 aromatic heterocycles. The molecule has 2 rings (SSSR count). The van der Waals surface area contributed by atoms with Crippen LogP contribution < -0.4 is 5.32 Å². The predicted octanol–water partition coefficient (Wildman–Crippen LogP) is 1.75. The molecule has 2 heterocycles. The zero-order valence-electron chi connectivity index (χ0n) is 8.27. The molecule has 2 N–H and O–H groups in total. The molecule has 0 saturated carbocycles. The Kier molecular flexibility index (Phi) is 2.35. The minimum atomic E-state index is -4.49. The first-order valence-corrected chi connectivity index (χ1v) is 5.06. The van der Waals surface area contributed by atoms with E-state index in [1.54, 1.807) is 0 Å². The van der Waals surface area contributed by atoms with Crippen molar-refractivity contribution in [2.45, 2.75) is 49.5 Å². The molecule has 0 spiro atoms. The largest absolute Gasteiger partial charge is 0.414 e. The fraction of sp³-hybridized carbons (Fsp3) is 0.800. The summed E-state index contributed by atoms with van der Waals surface area (Å²) in [5.41, 5.74) is -2.75. The van der Waals surface area contributed by atoms with Crippen molar-refractivity contribution < 1.29 is 18.3 Å². The second-order valence-electron chi connectivity index (χ2n) is 4.55. The van der Waals surface area contributed by atoms with E-state index < -0.39 is 17.4 Å². The second-order valence-corrected chi connectivity index (χ2v) is 4.55. The van der Waals surface area contributed by atoms with Gasteiger partial charge in [0.25, 0.3) is 0 Å². The molecule has 2 aliphatic heterocycles. The van der Waals surface area contributed by atoms with Gasteiger partial charge in [0.2, 0.25) is 0 Å². The van der Waals surface area contributed by atoms with Crippen LogP contribution in [0.4, 0.5) is 13.2 Å². The normalized spacial score (nSPS) is 40.5. The zero-order chi connectivity index (χ0) is 11.3. The van der Waals surface area contributed by atoms with Gasteiger partial charge in [-0.15, -0.1) is 0 Å². The number of hydrogen-bond donors (Lipinski definition) is 2. The molecule has 5 heteroatoms. The lowest BCUT2D eigenvalue weighted by atomic mass is 9.81. The Morgan fingerprint density at radius 3 is 2.13 bits per heavy atom. The lowest BCUT2D eigenvalue weighted by Crippen LogP contribution is -2.51. The van der Waals surface area contributed by atoms with E-state index in [9.17, 15) is 18.3 Å². The van der Waals surface area contributed by atoms with Crippen molar-refractivity contribution in [1.82, 2.24) is 5.32 Å². The Morgan fingerprint density at radius 1 is 1.27 bits per heavy atom. The third-order valence-corrected chi connectivity index (χ3v) is 3.41. The minimum absolute atomic E-state index is 0.00727. The summed E-state index contributed by atoms with van der Waals surface area (Å²) in [5, 5.41) is 13.2. The van der Waals surface area contributed by atoms with Gasteiger partial charge in [0, 0.05) is 12.1 Å². The van der Waals surface area contributed by atoms with E-state index in [1.807, 2.05) is 0 Å². The summed E-state index contributed by atoms with van der Waals surface area (Å²) in [4.78, 5) is 0. The molecule has 86 valence electrons. The van der Waals surface area contributed by atoms with Crippen molar-refractivity contribution >= 4 is 0 Å². The summed E-state index contributed by atoms with van der Waals surface area (Å²) in [6.07, 6.45) is -2.55. The maximum Gasteiger partial charge on any atom is 0.414 e. The molecular formula is C10H14F3NO. The van der Waals surface area contributed by atoms with Gasteiger partial charge < -0.3 is 10.4 Å². The van der Waals surface area contributed by atoms with Gasteiger partial charge in [-0.2, -0.15) is 13.2 Å². The van der Waals surface area contributed by atoms with E-state index in [1.165, 1.54) is 0 Å². The van der Waals surface area contributed by atoms with E-state index in [4.69, 9.17) is 0 Å². The summed E-state index contributed by atoms with van der Waals surface area (Å²) in [6, 6.07) is 0.0145. The van der Waals surface area contributed by atoms with Crippen LogP contribution in [0, 0.1) is 0 Å². The molecule has 2 nitrogen and oxygen atoms in total. The molecule has 2 saturated heterocycles. The average molecular weight is 221 g/mol. The molecule has 0 amide bonds. The molecule has 2 bridgehead atoms. The van der Waals surface area contributed by atoms with Crippen LogP contribution in [0.1, 0.15) is 25.7 Å². The fourth-order valence-electron chi connectivity index (χ4n) is 2.63. The smallest absolute Gasteiger partial charge is 0.385 e. The molecule has 0 aromatic rings. The van der Waals surface area contributed by atoms with Gasteiger partial charge in [0.15, 0.2) is 0 Å². The lowest BCUT2D eigenvalue weighted by Gasteiger charge is -2.38. The predicted molar refractivity (Wildman–Crippen MR) is 49.3 cm³/mol. The van der Waals surface area contributed by atoms with Crippen molar-refractivity contribution in [3.63, 3.8) is 0 Å². The standard InChI is InChI=1S/C10H14F3NO/c1-6(10(11,12)13)9(15)4-7-2-3-8(5-9)14-7/h7-8,14-15H,1-5H2. The van der Waals surface area contributed by atoms with Crippen LogP contribution >= 0.6 is 0 Å². The highest BCUT2D eigenvalue weighted by molar-refractivity contribution is 5.22. The second kappa shape index (κ2) is 3.22. The van der Waals surface area contributed by atoms with Crippen LogP contribution in [0.15, 0.2) is 12.2 Å². The van der Waals surface area contributed by atoms with Crippen molar-refractivity contribution in [2.75, 3.05) is 0 Å².